The second-order valence-corrected chi connectivity index (χ2v) is 5.57. The van der Waals surface area contributed by atoms with Gasteiger partial charge < -0.3 is 5.32 Å². The molecule has 0 saturated carbocycles. The molecule has 1 unspecified atom stereocenters. The Morgan fingerprint density at radius 2 is 2.12 bits per heavy atom. The first-order valence-corrected chi connectivity index (χ1v) is 5.96. The molecular formula is C12H24N4. The third-order valence-electron chi connectivity index (χ3n) is 2.65. The van der Waals surface area contributed by atoms with E-state index in [1.807, 2.05) is 11.7 Å². The van der Waals surface area contributed by atoms with Crippen molar-refractivity contribution in [3.63, 3.8) is 0 Å². The van der Waals surface area contributed by atoms with Crippen LogP contribution in [0.25, 0.3) is 0 Å². The number of nitrogens with zero attached hydrogens (tertiary/aromatic N) is 3. The highest BCUT2D eigenvalue weighted by Crippen LogP contribution is 2.08. The zero-order valence-corrected chi connectivity index (χ0v) is 11.1. The topological polar surface area (TPSA) is 42.7 Å². The molecule has 1 N–H and O–H groups in total. The quantitative estimate of drug-likeness (QED) is 0.829. The molecule has 16 heavy (non-hydrogen) atoms. The van der Waals surface area contributed by atoms with E-state index in [1.165, 1.54) is 0 Å². The summed E-state index contributed by atoms with van der Waals surface area (Å²) in [6.07, 6.45) is 3.77. The lowest BCUT2D eigenvalue weighted by atomic mass is 10.0. The van der Waals surface area contributed by atoms with Gasteiger partial charge in [0.05, 0.1) is 0 Å². The van der Waals surface area contributed by atoms with E-state index >= 15 is 0 Å². The van der Waals surface area contributed by atoms with E-state index in [0.29, 0.717) is 5.92 Å². The van der Waals surface area contributed by atoms with Crippen molar-refractivity contribution < 1.29 is 0 Å². The molecule has 1 aromatic rings. The van der Waals surface area contributed by atoms with E-state index in [-0.39, 0.29) is 5.54 Å². The molecule has 0 spiro atoms. The maximum absolute atomic E-state index is 4.23. The van der Waals surface area contributed by atoms with Gasteiger partial charge in [-0.2, -0.15) is 5.10 Å². The van der Waals surface area contributed by atoms with Crippen molar-refractivity contribution in [2.24, 2.45) is 13.0 Å². The Bertz CT molecular complexity index is 311. The predicted octanol–water partition coefficient (Wildman–Crippen LogP) is 1.77. The van der Waals surface area contributed by atoms with Crippen LogP contribution in [0.5, 0.6) is 0 Å². The highest BCUT2D eigenvalue weighted by atomic mass is 15.3. The average Bonchev–Trinajstić information content (AvgIpc) is 2.57. The Morgan fingerprint density at radius 3 is 2.62 bits per heavy atom. The lowest BCUT2D eigenvalue weighted by Crippen LogP contribution is -2.38. The second kappa shape index (κ2) is 5.43. The Labute approximate surface area is 98.5 Å². The smallest absolute Gasteiger partial charge is 0.138 e. The van der Waals surface area contributed by atoms with E-state index in [1.54, 1.807) is 6.33 Å². The molecule has 0 aliphatic heterocycles. The number of hydrogen-bond donors (Lipinski definition) is 1. The average molecular weight is 224 g/mol. The summed E-state index contributed by atoms with van der Waals surface area (Å²) in [5, 5.41) is 7.59. The van der Waals surface area contributed by atoms with Crippen LogP contribution >= 0.6 is 0 Å². The van der Waals surface area contributed by atoms with Gasteiger partial charge in [-0.1, -0.05) is 6.92 Å². The summed E-state index contributed by atoms with van der Waals surface area (Å²) in [5.74, 6) is 1.73. The van der Waals surface area contributed by atoms with Gasteiger partial charge >= 0.3 is 0 Å². The van der Waals surface area contributed by atoms with Crippen LogP contribution in [-0.2, 0) is 13.5 Å². The zero-order valence-electron chi connectivity index (χ0n) is 11.1. The number of hydrogen-bond acceptors (Lipinski definition) is 3. The molecule has 4 nitrogen and oxygen atoms in total. The highest BCUT2D eigenvalue weighted by molar-refractivity contribution is 4.84. The van der Waals surface area contributed by atoms with Crippen molar-refractivity contribution in [1.29, 1.82) is 0 Å². The molecule has 4 heteroatoms. The van der Waals surface area contributed by atoms with Gasteiger partial charge in [-0.05, 0) is 39.7 Å². The SMILES string of the molecule is CC(CCc1ncnn1C)CNC(C)(C)C. The van der Waals surface area contributed by atoms with Gasteiger partial charge in [0.15, 0.2) is 0 Å². The van der Waals surface area contributed by atoms with E-state index in [2.05, 4.69) is 43.1 Å². The van der Waals surface area contributed by atoms with Gasteiger partial charge in [0.2, 0.25) is 0 Å². The third kappa shape index (κ3) is 4.75. The predicted molar refractivity (Wildman–Crippen MR) is 66.2 cm³/mol. The molecular weight excluding hydrogens is 200 g/mol. The summed E-state index contributed by atoms with van der Waals surface area (Å²) in [6, 6.07) is 0. The largest absolute Gasteiger partial charge is 0.312 e. The second-order valence-electron chi connectivity index (χ2n) is 5.57. The molecule has 0 radical (unpaired) electrons. The molecule has 0 fully saturated rings. The first-order valence-electron chi connectivity index (χ1n) is 5.96. The first kappa shape index (κ1) is 13.2. The van der Waals surface area contributed by atoms with Crippen LogP contribution in [0, 0.1) is 5.92 Å². The van der Waals surface area contributed by atoms with E-state index < -0.39 is 0 Å². The van der Waals surface area contributed by atoms with Crippen LogP contribution < -0.4 is 5.32 Å². The zero-order chi connectivity index (χ0) is 12.2. The number of rotatable bonds is 5. The Morgan fingerprint density at radius 1 is 1.44 bits per heavy atom. The summed E-state index contributed by atoms with van der Waals surface area (Å²) in [7, 11) is 1.94. The highest BCUT2D eigenvalue weighted by Gasteiger charge is 2.11. The Balaban J connectivity index is 2.25. The normalized spacial score (nSPS) is 14.1. The molecule has 0 aromatic carbocycles. The molecule has 0 aliphatic carbocycles. The molecule has 0 aliphatic rings. The molecule has 0 amide bonds. The van der Waals surface area contributed by atoms with Gasteiger partial charge in [-0.3, -0.25) is 4.68 Å². The molecule has 1 atom stereocenters. The molecule has 0 saturated heterocycles. The van der Waals surface area contributed by atoms with Crippen LogP contribution in [0.15, 0.2) is 6.33 Å². The molecule has 1 aromatic heterocycles. The van der Waals surface area contributed by atoms with Gasteiger partial charge in [0, 0.05) is 19.0 Å². The lowest BCUT2D eigenvalue weighted by molar-refractivity contribution is 0.370. The fourth-order valence-electron chi connectivity index (χ4n) is 1.50. The first-order chi connectivity index (χ1) is 7.38. The maximum atomic E-state index is 4.23. The van der Waals surface area contributed by atoms with Crippen molar-refractivity contribution in [2.75, 3.05) is 6.54 Å². The summed E-state index contributed by atoms with van der Waals surface area (Å²) in [4.78, 5) is 4.23. The number of aryl methyl sites for hydroxylation is 2. The minimum absolute atomic E-state index is 0.207. The molecule has 0 bridgehead atoms. The minimum Gasteiger partial charge on any atom is -0.312 e. The van der Waals surface area contributed by atoms with Crippen LogP contribution in [-0.4, -0.2) is 26.8 Å². The summed E-state index contributed by atoms with van der Waals surface area (Å²) in [6.45, 7) is 9.92. The Hall–Kier alpha value is -0.900. The third-order valence-corrected chi connectivity index (χ3v) is 2.65. The van der Waals surface area contributed by atoms with E-state index in [0.717, 1.165) is 25.2 Å². The van der Waals surface area contributed by atoms with Crippen molar-refractivity contribution in [3.05, 3.63) is 12.2 Å². The van der Waals surface area contributed by atoms with Crippen molar-refractivity contribution >= 4 is 0 Å². The van der Waals surface area contributed by atoms with Crippen LogP contribution in [0.1, 0.15) is 39.9 Å². The van der Waals surface area contributed by atoms with Crippen LogP contribution in [0.3, 0.4) is 0 Å². The fourth-order valence-corrected chi connectivity index (χ4v) is 1.50. The number of aromatic nitrogens is 3. The van der Waals surface area contributed by atoms with Gasteiger partial charge in [-0.15, -0.1) is 0 Å². The molecule has 1 heterocycles. The summed E-state index contributed by atoms with van der Waals surface area (Å²) < 4.78 is 1.85. The van der Waals surface area contributed by atoms with Crippen LogP contribution in [0.2, 0.25) is 0 Å². The standard InChI is InChI=1S/C12H24N4/c1-10(8-14-12(2,3)4)6-7-11-13-9-15-16(11)5/h9-10,14H,6-8H2,1-5H3. The van der Waals surface area contributed by atoms with Gasteiger partial charge in [0.25, 0.3) is 0 Å². The van der Waals surface area contributed by atoms with Crippen LogP contribution in [0.4, 0.5) is 0 Å². The minimum atomic E-state index is 0.207. The fraction of sp³-hybridized carbons (Fsp3) is 0.833. The maximum Gasteiger partial charge on any atom is 0.138 e. The van der Waals surface area contributed by atoms with Crippen molar-refractivity contribution in [3.8, 4) is 0 Å². The number of nitrogens with one attached hydrogen (secondary N) is 1. The van der Waals surface area contributed by atoms with E-state index in [4.69, 9.17) is 0 Å². The van der Waals surface area contributed by atoms with E-state index in [9.17, 15) is 0 Å². The lowest BCUT2D eigenvalue weighted by Gasteiger charge is -2.23. The van der Waals surface area contributed by atoms with Gasteiger partial charge in [0.1, 0.15) is 12.2 Å². The molecule has 1 rings (SSSR count). The molecule has 92 valence electrons. The van der Waals surface area contributed by atoms with Crippen molar-refractivity contribution in [1.82, 2.24) is 20.1 Å². The summed E-state index contributed by atoms with van der Waals surface area (Å²) in [5.41, 5.74) is 0.207. The monoisotopic (exact) mass is 224 g/mol. The van der Waals surface area contributed by atoms with Crippen molar-refractivity contribution in [2.45, 2.75) is 46.1 Å². The Kier molecular flexibility index (Phi) is 4.47. The summed E-state index contributed by atoms with van der Waals surface area (Å²) >= 11 is 0. The van der Waals surface area contributed by atoms with Gasteiger partial charge in [-0.25, -0.2) is 4.98 Å².